The molecule has 1 aromatic carbocycles. The van der Waals surface area contributed by atoms with Crippen molar-refractivity contribution in [1.82, 2.24) is 9.80 Å². The fraction of sp³-hybridized carbons (Fsp3) is 0.500. The van der Waals surface area contributed by atoms with Crippen LogP contribution in [0.1, 0.15) is 39.7 Å². The van der Waals surface area contributed by atoms with Gasteiger partial charge in [-0.3, -0.25) is 14.5 Å². The molecule has 2 amide bonds. The van der Waals surface area contributed by atoms with E-state index in [2.05, 4.69) is 18.7 Å². The topological polar surface area (TPSA) is 40.6 Å². The molecule has 0 bridgehead atoms. The van der Waals surface area contributed by atoms with Gasteiger partial charge in [0.05, 0.1) is 5.57 Å². The SMILES string of the molecule is CC1CC(C)CN(C2=C(c3ccc(Cl)cc3)C(=O)N(C(C)C)C2=O)C1. The molecule has 0 radical (unpaired) electrons. The first-order valence-corrected chi connectivity index (χ1v) is 9.30. The fourth-order valence-electron chi connectivity index (χ4n) is 4.02. The lowest BCUT2D eigenvalue weighted by molar-refractivity contribution is -0.139. The lowest BCUT2D eigenvalue weighted by atomic mass is 9.91. The molecule has 2 atom stereocenters. The highest BCUT2D eigenvalue weighted by atomic mass is 35.5. The molecule has 134 valence electrons. The highest BCUT2D eigenvalue weighted by Crippen LogP contribution is 2.36. The zero-order valence-corrected chi connectivity index (χ0v) is 16.0. The van der Waals surface area contributed by atoms with Crippen molar-refractivity contribution in [1.29, 1.82) is 0 Å². The van der Waals surface area contributed by atoms with E-state index in [1.807, 2.05) is 26.0 Å². The molecule has 1 aromatic rings. The molecule has 0 aromatic heterocycles. The van der Waals surface area contributed by atoms with Crippen molar-refractivity contribution in [3.8, 4) is 0 Å². The van der Waals surface area contributed by atoms with Gasteiger partial charge in [-0.2, -0.15) is 0 Å². The number of halogens is 1. The van der Waals surface area contributed by atoms with Crippen LogP contribution in [-0.4, -0.2) is 40.7 Å². The first kappa shape index (κ1) is 18.0. The highest BCUT2D eigenvalue weighted by molar-refractivity contribution is 6.36. The standard InChI is InChI=1S/C20H25ClN2O2/c1-12(2)23-19(24)17(15-5-7-16(21)8-6-15)18(20(23)25)22-10-13(3)9-14(4)11-22/h5-8,12-14H,9-11H2,1-4H3. The molecule has 2 unspecified atom stereocenters. The van der Waals surface area contributed by atoms with E-state index < -0.39 is 0 Å². The lowest BCUT2D eigenvalue weighted by Crippen LogP contribution is -2.43. The van der Waals surface area contributed by atoms with Crippen LogP contribution in [-0.2, 0) is 9.59 Å². The predicted octanol–water partition coefficient (Wildman–Crippen LogP) is 3.81. The number of rotatable bonds is 3. The summed E-state index contributed by atoms with van der Waals surface area (Å²) >= 11 is 6.00. The van der Waals surface area contributed by atoms with Gasteiger partial charge in [0.1, 0.15) is 5.70 Å². The summed E-state index contributed by atoms with van der Waals surface area (Å²) in [6.07, 6.45) is 1.15. The molecular formula is C20H25ClN2O2. The van der Waals surface area contributed by atoms with Crippen LogP contribution in [0.2, 0.25) is 5.02 Å². The minimum atomic E-state index is -0.205. The number of hydrogen-bond donors (Lipinski definition) is 0. The zero-order chi connectivity index (χ0) is 18.3. The van der Waals surface area contributed by atoms with Crippen LogP contribution in [0.3, 0.4) is 0 Å². The van der Waals surface area contributed by atoms with Crippen molar-refractivity contribution in [2.75, 3.05) is 13.1 Å². The second-order valence-corrected chi connectivity index (χ2v) is 8.09. The van der Waals surface area contributed by atoms with Gasteiger partial charge in [-0.1, -0.05) is 37.6 Å². The summed E-state index contributed by atoms with van der Waals surface area (Å²) < 4.78 is 0. The van der Waals surface area contributed by atoms with Crippen LogP contribution in [0.4, 0.5) is 0 Å². The average molecular weight is 361 g/mol. The molecule has 1 saturated heterocycles. The molecule has 25 heavy (non-hydrogen) atoms. The third-order valence-electron chi connectivity index (χ3n) is 4.93. The first-order chi connectivity index (χ1) is 11.8. The minimum absolute atomic E-state index is 0.167. The summed E-state index contributed by atoms with van der Waals surface area (Å²) in [5.41, 5.74) is 1.82. The summed E-state index contributed by atoms with van der Waals surface area (Å²) in [6.45, 7) is 9.77. The number of carbonyl (C=O) groups excluding carboxylic acids is 2. The normalized spacial score (nSPS) is 24.7. The summed E-state index contributed by atoms with van der Waals surface area (Å²) in [5.74, 6) is 0.617. The molecule has 0 aliphatic carbocycles. The molecule has 5 heteroatoms. The Hall–Kier alpha value is -1.81. The summed E-state index contributed by atoms with van der Waals surface area (Å²) in [6, 6.07) is 7.00. The van der Waals surface area contributed by atoms with Gasteiger partial charge in [0.25, 0.3) is 11.8 Å². The van der Waals surface area contributed by atoms with Crippen LogP contribution in [0.5, 0.6) is 0 Å². The molecule has 0 N–H and O–H groups in total. The highest BCUT2D eigenvalue weighted by Gasteiger charge is 2.43. The third kappa shape index (κ3) is 3.32. The van der Waals surface area contributed by atoms with E-state index >= 15 is 0 Å². The summed E-state index contributed by atoms with van der Waals surface area (Å²) in [5, 5.41) is 0.614. The Morgan fingerprint density at radius 2 is 1.56 bits per heavy atom. The molecular weight excluding hydrogens is 336 g/mol. The number of hydrogen-bond acceptors (Lipinski definition) is 3. The molecule has 3 rings (SSSR count). The quantitative estimate of drug-likeness (QED) is 0.770. The Kier molecular flexibility index (Phi) is 4.92. The van der Waals surface area contributed by atoms with Crippen LogP contribution in [0.15, 0.2) is 30.0 Å². The van der Waals surface area contributed by atoms with Crippen molar-refractivity contribution in [2.24, 2.45) is 11.8 Å². The smallest absolute Gasteiger partial charge is 0.278 e. The molecule has 2 heterocycles. The van der Waals surface area contributed by atoms with Crippen molar-refractivity contribution < 1.29 is 9.59 Å². The average Bonchev–Trinajstić information content (AvgIpc) is 2.78. The van der Waals surface area contributed by atoms with Crippen LogP contribution in [0, 0.1) is 11.8 Å². The predicted molar refractivity (Wildman–Crippen MR) is 99.9 cm³/mol. The van der Waals surface area contributed by atoms with E-state index in [4.69, 9.17) is 11.6 Å². The van der Waals surface area contributed by atoms with E-state index in [9.17, 15) is 9.59 Å². The Balaban J connectivity index is 2.11. The van der Waals surface area contributed by atoms with Gasteiger partial charge in [-0.05, 0) is 49.8 Å². The molecule has 1 fully saturated rings. The maximum atomic E-state index is 13.1. The number of nitrogens with zero attached hydrogens (tertiary/aromatic N) is 2. The largest absolute Gasteiger partial charge is 0.366 e. The Morgan fingerprint density at radius 1 is 1.00 bits per heavy atom. The van der Waals surface area contributed by atoms with Gasteiger partial charge >= 0.3 is 0 Å². The molecule has 0 spiro atoms. The van der Waals surface area contributed by atoms with Crippen molar-refractivity contribution >= 4 is 29.0 Å². The van der Waals surface area contributed by atoms with Gasteiger partial charge < -0.3 is 4.90 Å². The number of likely N-dealkylation sites (tertiary alicyclic amines) is 1. The molecule has 0 saturated carbocycles. The number of piperidine rings is 1. The maximum absolute atomic E-state index is 13.1. The second-order valence-electron chi connectivity index (χ2n) is 7.66. The van der Waals surface area contributed by atoms with Gasteiger partial charge in [0.15, 0.2) is 0 Å². The van der Waals surface area contributed by atoms with Crippen molar-refractivity contribution in [2.45, 2.75) is 40.2 Å². The minimum Gasteiger partial charge on any atom is -0.366 e. The molecule has 4 nitrogen and oxygen atoms in total. The van der Waals surface area contributed by atoms with Crippen LogP contribution < -0.4 is 0 Å². The van der Waals surface area contributed by atoms with E-state index in [1.54, 1.807) is 12.1 Å². The van der Waals surface area contributed by atoms with E-state index in [0.717, 1.165) is 25.1 Å². The van der Waals surface area contributed by atoms with Gasteiger partial charge in [0, 0.05) is 24.2 Å². The number of carbonyl (C=O) groups is 2. The number of benzene rings is 1. The lowest BCUT2D eigenvalue weighted by Gasteiger charge is -2.37. The Bertz CT molecular complexity index is 714. The zero-order valence-electron chi connectivity index (χ0n) is 15.3. The Labute approximate surface area is 154 Å². The summed E-state index contributed by atoms with van der Waals surface area (Å²) in [4.78, 5) is 29.6. The van der Waals surface area contributed by atoms with E-state index in [0.29, 0.717) is 28.1 Å². The monoisotopic (exact) mass is 360 g/mol. The fourth-order valence-corrected chi connectivity index (χ4v) is 4.15. The second kappa shape index (κ2) is 6.83. The van der Waals surface area contributed by atoms with Crippen molar-refractivity contribution in [3.05, 3.63) is 40.5 Å². The molecule has 2 aliphatic rings. The molecule has 2 aliphatic heterocycles. The third-order valence-corrected chi connectivity index (χ3v) is 5.18. The number of imide groups is 1. The Morgan fingerprint density at radius 3 is 2.08 bits per heavy atom. The van der Waals surface area contributed by atoms with E-state index in [-0.39, 0.29) is 17.9 Å². The summed E-state index contributed by atoms with van der Waals surface area (Å²) in [7, 11) is 0. The maximum Gasteiger partial charge on any atom is 0.278 e. The van der Waals surface area contributed by atoms with Gasteiger partial charge in [-0.15, -0.1) is 0 Å². The number of amides is 2. The van der Waals surface area contributed by atoms with Gasteiger partial charge in [-0.25, -0.2) is 0 Å². The van der Waals surface area contributed by atoms with Gasteiger partial charge in [0.2, 0.25) is 0 Å². The van der Waals surface area contributed by atoms with Crippen LogP contribution in [0.25, 0.3) is 5.57 Å². The van der Waals surface area contributed by atoms with Crippen molar-refractivity contribution in [3.63, 3.8) is 0 Å². The van der Waals surface area contributed by atoms with Crippen LogP contribution >= 0.6 is 11.6 Å². The van der Waals surface area contributed by atoms with E-state index in [1.165, 1.54) is 4.90 Å². The first-order valence-electron chi connectivity index (χ1n) is 8.92.